The van der Waals surface area contributed by atoms with Gasteiger partial charge in [-0.2, -0.15) is 0 Å². The molecule has 0 aromatic heterocycles. The van der Waals surface area contributed by atoms with Crippen LogP contribution in [0.5, 0.6) is 0 Å². The first kappa shape index (κ1) is 10.4. The molecule has 1 nitrogen and oxygen atoms in total. The highest BCUT2D eigenvalue weighted by molar-refractivity contribution is 5.35. The molecule has 0 saturated carbocycles. The van der Waals surface area contributed by atoms with Crippen molar-refractivity contribution in [2.75, 3.05) is 6.61 Å². The predicted molar refractivity (Wildman–Crippen MR) is 63.5 cm³/mol. The smallest absolute Gasteiger partial charge is 0.0431 e. The van der Waals surface area contributed by atoms with Crippen LogP contribution in [0.25, 0.3) is 0 Å². The van der Waals surface area contributed by atoms with Gasteiger partial charge in [0.2, 0.25) is 0 Å². The quantitative estimate of drug-likeness (QED) is 0.726. The molecule has 0 fully saturated rings. The summed E-state index contributed by atoms with van der Waals surface area (Å²) in [6.45, 7) is 0.303. The first-order chi connectivity index (χ1) is 7.42. The summed E-state index contributed by atoms with van der Waals surface area (Å²) >= 11 is 0. The van der Waals surface area contributed by atoms with Crippen molar-refractivity contribution >= 4 is 0 Å². The molecule has 80 valence electrons. The highest BCUT2D eigenvalue weighted by Gasteiger charge is 2.19. The lowest BCUT2D eigenvalue weighted by Crippen LogP contribution is -2.07. The third-order valence-corrected chi connectivity index (χ3v) is 3.15. The zero-order valence-corrected chi connectivity index (χ0v) is 9.02. The van der Waals surface area contributed by atoms with Gasteiger partial charge in [0.25, 0.3) is 0 Å². The van der Waals surface area contributed by atoms with E-state index in [2.05, 4.69) is 36.5 Å². The molecule has 2 aliphatic carbocycles. The second-order valence-corrected chi connectivity index (χ2v) is 4.17. The Morgan fingerprint density at radius 2 is 1.67 bits per heavy atom. The SMILES string of the molecule is OCCCC(C1=CC=CC1)C1=CC=CC1. The monoisotopic (exact) mass is 202 g/mol. The lowest BCUT2D eigenvalue weighted by atomic mass is 9.86. The van der Waals surface area contributed by atoms with Crippen molar-refractivity contribution in [1.82, 2.24) is 0 Å². The highest BCUT2D eigenvalue weighted by atomic mass is 16.2. The van der Waals surface area contributed by atoms with Crippen LogP contribution in [-0.2, 0) is 0 Å². The Bertz CT molecular complexity index is 301. The topological polar surface area (TPSA) is 20.2 Å². The molecule has 0 amide bonds. The summed E-state index contributed by atoms with van der Waals surface area (Å²) < 4.78 is 0. The second-order valence-electron chi connectivity index (χ2n) is 4.17. The first-order valence-electron chi connectivity index (χ1n) is 5.74. The molecule has 2 rings (SSSR count). The van der Waals surface area contributed by atoms with Gasteiger partial charge in [0.05, 0.1) is 0 Å². The molecule has 0 heterocycles. The van der Waals surface area contributed by atoms with Gasteiger partial charge in [0.1, 0.15) is 0 Å². The minimum Gasteiger partial charge on any atom is -0.396 e. The molecule has 0 bridgehead atoms. The van der Waals surface area contributed by atoms with Crippen molar-refractivity contribution in [3.05, 3.63) is 47.6 Å². The van der Waals surface area contributed by atoms with Crippen molar-refractivity contribution in [2.45, 2.75) is 25.7 Å². The van der Waals surface area contributed by atoms with Crippen LogP contribution in [0.15, 0.2) is 47.6 Å². The fourth-order valence-corrected chi connectivity index (χ4v) is 2.35. The van der Waals surface area contributed by atoms with E-state index in [0.717, 1.165) is 25.7 Å². The van der Waals surface area contributed by atoms with E-state index in [4.69, 9.17) is 5.11 Å². The van der Waals surface area contributed by atoms with Crippen molar-refractivity contribution in [3.8, 4) is 0 Å². The summed E-state index contributed by atoms with van der Waals surface area (Å²) in [6, 6.07) is 0. The Balaban J connectivity index is 2.02. The number of aliphatic hydroxyl groups excluding tert-OH is 1. The molecule has 0 atom stereocenters. The third kappa shape index (κ3) is 2.48. The van der Waals surface area contributed by atoms with E-state index < -0.39 is 0 Å². The standard InChI is InChI=1S/C14H18O/c15-11-5-10-14(12-6-1-2-7-12)13-8-3-4-9-13/h1-4,6,8,14-15H,5,7,9-11H2. The van der Waals surface area contributed by atoms with E-state index in [1.165, 1.54) is 11.1 Å². The van der Waals surface area contributed by atoms with Crippen LogP contribution in [-0.4, -0.2) is 11.7 Å². The Morgan fingerprint density at radius 1 is 1.07 bits per heavy atom. The van der Waals surface area contributed by atoms with Gasteiger partial charge in [0.15, 0.2) is 0 Å². The summed E-state index contributed by atoms with van der Waals surface area (Å²) in [5.41, 5.74) is 3.02. The number of hydrogen-bond acceptors (Lipinski definition) is 1. The highest BCUT2D eigenvalue weighted by Crippen LogP contribution is 2.34. The Kier molecular flexibility index (Phi) is 3.57. The largest absolute Gasteiger partial charge is 0.396 e. The normalized spacial score (nSPS) is 18.8. The maximum absolute atomic E-state index is 8.93. The third-order valence-electron chi connectivity index (χ3n) is 3.15. The lowest BCUT2D eigenvalue weighted by molar-refractivity contribution is 0.279. The molecule has 0 radical (unpaired) electrons. The number of aliphatic hydroxyl groups is 1. The molecule has 0 aliphatic heterocycles. The van der Waals surface area contributed by atoms with Crippen LogP contribution < -0.4 is 0 Å². The Labute approximate surface area is 91.5 Å². The maximum Gasteiger partial charge on any atom is 0.0431 e. The molecule has 0 spiro atoms. The van der Waals surface area contributed by atoms with Gasteiger partial charge < -0.3 is 5.11 Å². The van der Waals surface area contributed by atoms with Gasteiger partial charge in [-0.15, -0.1) is 0 Å². The predicted octanol–water partition coefficient (Wildman–Crippen LogP) is 3.15. The lowest BCUT2D eigenvalue weighted by Gasteiger charge is -2.19. The van der Waals surface area contributed by atoms with Crippen LogP contribution in [0.1, 0.15) is 25.7 Å². The molecule has 15 heavy (non-hydrogen) atoms. The number of rotatable bonds is 5. The number of hydrogen-bond donors (Lipinski definition) is 1. The van der Waals surface area contributed by atoms with E-state index in [1.807, 2.05) is 0 Å². The van der Waals surface area contributed by atoms with Gasteiger partial charge in [0, 0.05) is 12.5 Å². The summed E-state index contributed by atoms with van der Waals surface area (Å²) in [7, 11) is 0. The summed E-state index contributed by atoms with van der Waals surface area (Å²) in [5, 5.41) is 8.93. The van der Waals surface area contributed by atoms with Crippen LogP contribution in [0.4, 0.5) is 0 Å². The van der Waals surface area contributed by atoms with Crippen molar-refractivity contribution in [1.29, 1.82) is 0 Å². The molecule has 0 aromatic carbocycles. The van der Waals surface area contributed by atoms with Crippen molar-refractivity contribution in [3.63, 3.8) is 0 Å². The average Bonchev–Trinajstić information content (AvgIpc) is 2.90. The van der Waals surface area contributed by atoms with Crippen molar-refractivity contribution in [2.24, 2.45) is 5.92 Å². The van der Waals surface area contributed by atoms with Gasteiger partial charge in [-0.3, -0.25) is 0 Å². The van der Waals surface area contributed by atoms with Gasteiger partial charge >= 0.3 is 0 Å². The van der Waals surface area contributed by atoms with Crippen LogP contribution in [0, 0.1) is 5.92 Å². The minimum atomic E-state index is 0.303. The van der Waals surface area contributed by atoms with Crippen LogP contribution in [0.2, 0.25) is 0 Å². The molecule has 0 unspecified atom stereocenters. The van der Waals surface area contributed by atoms with Gasteiger partial charge in [-0.1, -0.05) is 47.6 Å². The van der Waals surface area contributed by atoms with Gasteiger partial charge in [-0.25, -0.2) is 0 Å². The zero-order chi connectivity index (χ0) is 10.5. The molecular weight excluding hydrogens is 184 g/mol. The maximum atomic E-state index is 8.93. The first-order valence-corrected chi connectivity index (χ1v) is 5.74. The Hall–Kier alpha value is -1.08. The fourth-order valence-electron chi connectivity index (χ4n) is 2.35. The summed E-state index contributed by atoms with van der Waals surface area (Å²) in [4.78, 5) is 0. The van der Waals surface area contributed by atoms with E-state index in [9.17, 15) is 0 Å². The molecular formula is C14H18O. The van der Waals surface area contributed by atoms with E-state index in [1.54, 1.807) is 0 Å². The molecule has 1 heteroatoms. The van der Waals surface area contributed by atoms with Crippen LogP contribution in [0.3, 0.4) is 0 Å². The van der Waals surface area contributed by atoms with E-state index >= 15 is 0 Å². The zero-order valence-electron chi connectivity index (χ0n) is 9.02. The van der Waals surface area contributed by atoms with Crippen molar-refractivity contribution < 1.29 is 5.11 Å². The van der Waals surface area contributed by atoms with Crippen LogP contribution >= 0.6 is 0 Å². The molecule has 0 saturated heterocycles. The summed E-state index contributed by atoms with van der Waals surface area (Å²) in [5.74, 6) is 0.558. The average molecular weight is 202 g/mol. The van der Waals surface area contributed by atoms with Gasteiger partial charge in [-0.05, 0) is 25.7 Å². The molecule has 2 aliphatic rings. The molecule has 0 aromatic rings. The Morgan fingerprint density at radius 3 is 2.07 bits per heavy atom. The van der Waals surface area contributed by atoms with E-state index in [-0.39, 0.29) is 0 Å². The number of allylic oxidation sites excluding steroid dienone is 8. The minimum absolute atomic E-state index is 0.303. The second kappa shape index (κ2) is 5.13. The fraction of sp³-hybridized carbons (Fsp3) is 0.429. The summed E-state index contributed by atoms with van der Waals surface area (Å²) in [6.07, 6.45) is 17.4. The molecule has 1 N–H and O–H groups in total. The van der Waals surface area contributed by atoms with E-state index in [0.29, 0.717) is 12.5 Å².